The molecule has 0 saturated carbocycles. The maximum Gasteiger partial charge on any atom is 0.319 e. The number of carbonyl (C=O) groups is 1. The molecule has 0 bridgehead atoms. The number of hydrogen-bond donors (Lipinski definition) is 2. The number of anilines is 2. The highest BCUT2D eigenvalue weighted by Gasteiger charge is 2.23. The van der Waals surface area contributed by atoms with Gasteiger partial charge in [0.15, 0.2) is 0 Å². The first-order chi connectivity index (χ1) is 13.7. The minimum absolute atomic E-state index is 0.282. The van der Waals surface area contributed by atoms with Crippen molar-refractivity contribution in [1.29, 1.82) is 0 Å². The van der Waals surface area contributed by atoms with E-state index in [0.29, 0.717) is 24.3 Å². The molecule has 28 heavy (non-hydrogen) atoms. The fourth-order valence-corrected chi connectivity index (χ4v) is 4.00. The lowest BCUT2D eigenvalue weighted by atomic mass is 10.0. The van der Waals surface area contributed by atoms with Crippen molar-refractivity contribution in [1.82, 2.24) is 5.32 Å². The number of halogens is 1. The van der Waals surface area contributed by atoms with Crippen LogP contribution in [0.1, 0.15) is 43.7 Å². The van der Waals surface area contributed by atoms with Gasteiger partial charge in [-0.1, -0.05) is 12.1 Å². The Labute approximate surface area is 164 Å². The van der Waals surface area contributed by atoms with Crippen molar-refractivity contribution in [2.24, 2.45) is 0 Å². The molecule has 0 unspecified atom stereocenters. The van der Waals surface area contributed by atoms with Gasteiger partial charge in [-0.25, -0.2) is 9.18 Å². The van der Waals surface area contributed by atoms with Gasteiger partial charge in [-0.05, 0) is 62.4 Å². The van der Waals surface area contributed by atoms with E-state index in [4.69, 9.17) is 4.74 Å². The van der Waals surface area contributed by atoms with E-state index < -0.39 is 0 Å². The standard InChI is InChI=1S/C22H26FN3O2/c23-16-10-11-21-17(15-16)18(8-6-14-28-21)24-22(27)25-19-7-2-3-9-20(19)26-12-4-1-5-13-26/h2-3,7,9-11,15,18H,1,4-6,8,12-14H2,(H2,24,25,27)/t18-/m1/s1. The number of hydrogen-bond acceptors (Lipinski definition) is 3. The Morgan fingerprint density at radius 2 is 1.89 bits per heavy atom. The molecule has 148 valence electrons. The number of rotatable bonds is 3. The molecule has 1 atom stereocenters. The van der Waals surface area contributed by atoms with Gasteiger partial charge >= 0.3 is 6.03 Å². The summed E-state index contributed by atoms with van der Waals surface area (Å²) in [6, 6.07) is 11.8. The number of carbonyl (C=O) groups excluding carboxylic acids is 1. The van der Waals surface area contributed by atoms with Gasteiger partial charge < -0.3 is 20.3 Å². The van der Waals surface area contributed by atoms with Crippen LogP contribution >= 0.6 is 0 Å². The smallest absolute Gasteiger partial charge is 0.319 e. The molecule has 2 aliphatic heterocycles. The summed E-state index contributed by atoms with van der Waals surface area (Å²) >= 11 is 0. The van der Waals surface area contributed by atoms with Gasteiger partial charge in [-0.2, -0.15) is 0 Å². The minimum Gasteiger partial charge on any atom is -0.493 e. The van der Waals surface area contributed by atoms with Gasteiger partial charge in [0.05, 0.1) is 24.0 Å². The van der Waals surface area contributed by atoms with E-state index in [1.54, 1.807) is 6.07 Å². The maximum absolute atomic E-state index is 13.8. The highest BCUT2D eigenvalue weighted by atomic mass is 19.1. The molecule has 2 heterocycles. The van der Waals surface area contributed by atoms with Crippen LogP contribution in [0.3, 0.4) is 0 Å². The Balaban J connectivity index is 1.49. The molecule has 0 spiro atoms. The molecular weight excluding hydrogens is 357 g/mol. The lowest BCUT2D eigenvalue weighted by Crippen LogP contribution is -2.34. The zero-order valence-corrected chi connectivity index (χ0v) is 15.9. The third-order valence-corrected chi connectivity index (χ3v) is 5.40. The second-order valence-corrected chi connectivity index (χ2v) is 7.39. The van der Waals surface area contributed by atoms with Gasteiger partial charge in [0.1, 0.15) is 11.6 Å². The fraction of sp³-hybridized carbons (Fsp3) is 0.409. The lowest BCUT2D eigenvalue weighted by Gasteiger charge is -2.30. The van der Waals surface area contributed by atoms with Crippen molar-refractivity contribution < 1.29 is 13.9 Å². The first kappa shape index (κ1) is 18.6. The highest BCUT2D eigenvalue weighted by molar-refractivity contribution is 5.93. The molecule has 2 N–H and O–H groups in total. The molecule has 0 aromatic heterocycles. The van der Waals surface area contributed by atoms with Crippen molar-refractivity contribution in [3.05, 3.63) is 53.8 Å². The topological polar surface area (TPSA) is 53.6 Å². The average Bonchev–Trinajstić information content (AvgIpc) is 2.91. The molecule has 2 amide bonds. The van der Waals surface area contributed by atoms with Crippen molar-refractivity contribution in [3.8, 4) is 5.75 Å². The summed E-state index contributed by atoms with van der Waals surface area (Å²) in [5.74, 6) is 0.310. The molecule has 2 aliphatic rings. The molecule has 0 aliphatic carbocycles. The van der Waals surface area contributed by atoms with Crippen molar-refractivity contribution in [3.63, 3.8) is 0 Å². The van der Waals surface area contributed by atoms with Gasteiger partial charge in [0.2, 0.25) is 0 Å². The van der Waals surface area contributed by atoms with Crippen LogP contribution in [0.15, 0.2) is 42.5 Å². The Morgan fingerprint density at radius 3 is 2.75 bits per heavy atom. The van der Waals surface area contributed by atoms with E-state index in [1.807, 2.05) is 24.3 Å². The SMILES string of the molecule is O=C(Nc1ccccc1N1CCCCC1)N[C@@H]1CCCOc2ccc(F)cc21. The summed E-state index contributed by atoms with van der Waals surface area (Å²) in [5, 5.41) is 6.00. The molecule has 1 saturated heterocycles. The van der Waals surface area contributed by atoms with Crippen LogP contribution in [0.25, 0.3) is 0 Å². The molecule has 5 nitrogen and oxygen atoms in total. The monoisotopic (exact) mass is 383 g/mol. The van der Waals surface area contributed by atoms with E-state index in [2.05, 4.69) is 15.5 Å². The Morgan fingerprint density at radius 1 is 1.07 bits per heavy atom. The number of fused-ring (bicyclic) bond motifs is 1. The van der Waals surface area contributed by atoms with Gasteiger partial charge in [0, 0.05) is 18.7 Å². The van der Waals surface area contributed by atoms with Crippen LogP contribution in [0, 0.1) is 5.82 Å². The quantitative estimate of drug-likeness (QED) is 0.797. The number of benzene rings is 2. The molecule has 6 heteroatoms. The number of nitrogens with zero attached hydrogens (tertiary/aromatic N) is 1. The second-order valence-electron chi connectivity index (χ2n) is 7.39. The highest BCUT2D eigenvalue weighted by Crippen LogP contribution is 2.33. The zero-order valence-electron chi connectivity index (χ0n) is 15.9. The second kappa shape index (κ2) is 8.50. The summed E-state index contributed by atoms with van der Waals surface area (Å²) in [7, 11) is 0. The summed E-state index contributed by atoms with van der Waals surface area (Å²) in [6.07, 6.45) is 5.10. The molecule has 0 radical (unpaired) electrons. The predicted octanol–water partition coefficient (Wildman–Crippen LogP) is 4.85. The van der Waals surface area contributed by atoms with Gasteiger partial charge in [-0.15, -0.1) is 0 Å². The van der Waals surface area contributed by atoms with Crippen LogP contribution in [0.5, 0.6) is 5.75 Å². The lowest BCUT2D eigenvalue weighted by molar-refractivity contribution is 0.247. The third kappa shape index (κ3) is 4.21. The Kier molecular flexibility index (Phi) is 5.65. The zero-order chi connectivity index (χ0) is 19.3. The first-order valence-electron chi connectivity index (χ1n) is 10.0. The Hall–Kier alpha value is -2.76. The first-order valence-corrected chi connectivity index (χ1v) is 10.0. The van der Waals surface area contributed by atoms with Crippen molar-refractivity contribution in [2.45, 2.75) is 38.1 Å². The average molecular weight is 383 g/mol. The van der Waals surface area contributed by atoms with E-state index in [9.17, 15) is 9.18 Å². The fourth-order valence-electron chi connectivity index (χ4n) is 4.00. The number of para-hydroxylation sites is 2. The Bertz CT molecular complexity index is 836. The van der Waals surface area contributed by atoms with Crippen LogP contribution in [0.2, 0.25) is 0 Å². The number of nitrogens with one attached hydrogen (secondary N) is 2. The summed E-state index contributed by atoms with van der Waals surface area (Å²) in [4.78, 5) is 15.1. The van der Waals surface area contributed by atoms with Crippen LogP contribution < -0.4 is 20.3 Å². The number of amides is 2. The minimum atomic E-state index is -0.327. The molecular formula is C22H26FN3O2. The van der Waals surface area contributed by atoms with Crippen LogP contribution in [0.4, 0.5) is 20.6 Å². The molecule has 2 aromatic carbocycles. The van der Waals surface area contributed by atoms with E-state index in [-0.39, 0.29) is 17.9 Å². The number of urea groups is 1. The van der Waals surface area contributed by atoms with Gasteiger partial charge in [0.25, 0.3) is 0 Å². The van der Waals surface area contributed by atoms with Crippen molar-refractivity contribution in [2.75, 3.05) is 29.9 Å². The van der Waals surface area contributed by atoms with E-state index >= 15 is 0 Å². The van der Waals surface area contributed by atoms with Crippen LogP contribution in [-0.2, 0) is 0 Å². The summed E-state index contributed by atoms with van der Waals surface area (Å²) < 4.78 is 19.4. The molecule has 2 aromatic rings. The third-order valence-electron chi connectivity index (χ3n) is 5.40. The summed E-state index contributed by atoms with van der Waals surface area (Å²) in [6.45, 7) is 2.58. The van der Waals surface area contributed by atoms with Crippen LogP contribution in [-0.4, -0.2) is 25.7 Å². The normalized spacial score (nSPS) is 19.2. The molecule has 1 fully saturated rings. The largest absolute Gasteiger partial charge is 0.493 e. The van der Waals surface area contributed by atoms with Gasteiger partial charge in [-0.3, -0.25) is 0 Å². The maximum atomic E-state index is 13.8. The molecule has 4 rings (SSSR count). The van der Waals surface area contributed by atoms with Crippen molar-refractivity contribution >= 4 is 17.4 Å². The van der Waals surface area contributed by atoms with E-state index in [1.165, 1.54) is 31.4 Å². The summed E-state index contributed by atoms with van der Waals surface area (Å²) in [5.41, 5.74) is 2.54. The van der Waals surface area contributed by atoms with E-state index in [0.717, 1.165) is 30.9 Å². The number of piperidine rings is 1. The predicted molar refractivity (Wildman–Crippen MR) is 109 cm³/mol. The number of ether oxygens (including phenoxy) is 1.